The summed E-state index contributed by atoms with van der Waals surface area (Å²) in [5, 5.41) is 14.2. The highest BCUT2D eigenvalue weighted by atomic mass is 16.1. The molecule has 0 saturated carbocycles. The van der Waals surface area contributed by atoms with Gasteiger partial charge in [0.2, 0.25) is 0 Å². The summed E-state index contributed by atoms with van der Waals surface area (Å²) in [6, 6.07) is 9.37. The van der Waals surface area contributed by atoms with Gasteiger partial charge in [0.1, 0.15) is 5.82 Å². The average molecular weight is 327 g/mol. The summed E-state index contributed by atoms with van der Waals surface area (Å²) in [4.78, 5) is 14.5. The molecule has 0 aliphatic rings. The normalized spacial score (nSPS) is 10.7. The highest BCUT2D eigenvalue weighted by Gasteiger charge is 2.11. The van der Waals surface area contributed by atoms with Crippen LogP contribution in [0.2, 0.25) is 0 Å². The van der Waals surface area contributed by atoms with Gasteiger partial charge in [-0.25, -0.2) is 0 Å². The number of hydrogen-bond acceptors (Lipinski definition) is 5. The SMILES string of the molecule is Cc1cccc(C)c1NC(=O)c1ccc(NCCCN(C)C)nn1. The van der Waals surface area contributed by atoms with Crippen molar-refractivity contribution in [3.8, 4) is 0 Å². The number of carbonyl (C=O) groups excluding carboxylic acids is 1. The van der Waals surface area contributed by atoms with Crippen LogP contribution < -0.4 is 10.6 Å². The van der Waals surface area contributed by atoms with Gasteiger partial charge < -0.3 is 15.5 Å². The molecule has 2 aromatic rings. The Kier molecular flexibility index (Phi) is 6.26. The van der Waals surface area contributed by atoms with Crippen LogP contribution in [0, 0.1) is 13.8 Å². The molecule has 0 unspecified atom stereocenters. The van der Waals surface area contributed by atoms with E-state index in [2.05, 4.69) is 25.7 Å². The first-order chi connectivity index (χ1) is 11.5. The summed E-state index contributed by atoms with van der Waals surface area (Å²) in [6.07, 6.45) is 1.02. The number of nitrogens with one attached hydrogen (secondary N) is 2. The van der Waals surface area contributed by atoms with Crippen molar-refractivity contribution in [1.29, 1.82) is 0 Å². The van der Waals surface area contributed by atoms with Crippen LogP contribution in [0.4, 0.5) is 11.5 Å². The fourth-order valence-electron chi connectivity index (χ4n) is 2.35. The van der Waals surface area contributed by atoms with Crippen molar-refractivity contribution in [3.05, 3.63) is 47.2 Å². The molecule has 1 amide bonds. The van der Waals surface area contributed by atoms with Crippen LogP contribution in [-0.4, -0.2) is 48.2 Å². The van der Waals surface area contributed by atoms with Crippen LogP contribution >= 0.6 is 0 Å². The van der Waals surface area contributed by atoms with Gasteiger partial charge in [0, 0.05) is 12.2 Å². The summed E-state index contributed by atoms with van der Waals surface area (Å²) in [7, 11) is 4.09. The number of nitrogens with zero attached hydrogens (tertiary/aromatic N) is 3. The van der Waals surface area contributed by atoms with Crippen LogP contribution in [0.1, 0.15) is 28.0 Å². The van der Waals surface area contributed by atoms with E-state index in [4.69, 9.17) is 0 Å². The molecule has 1 aromatic heterocycles. The van der Waals surface area contributed by atoms with E-state index in [1.54, 1.807) is 12.1 Å². The fraction of sp³-hybridized carbons (Fsp3) is 0.389. The monoisotopic (exact) mass is 327 g/mol. The standard InChI is InChI=1S/C18H25N5O/c1-13-7-5-8-14(2)17(13)20-18(24)15-9-10-16(22-21-15)19-11-6-12-23(3)4/h5,7-10H,6,11-12H2,1-4H3,(H,19,22)(H,20,24). The number of rotatable bonds is 7. The molecule has 1 aromatic carbocycles. The Morgan fingerprint density at radius 1 is 1.08 bits per heavy atom. The zero-order valence-corrected chi connectivity index (χ0v) is 14.8. The number of anilines is 2. The lowest BCUT2D eigenvalue weighted by Crippen LogP contribution is -2.18. The molecule has 0 aliphatic carbocycles. The van der Waals surface area contributed by atoms with Gasteiger partial charge in [0.25, 0.3) is 5.91 Å². The molecule has 6 heteroatoms. The summed E-state index contributed by atoms with van der Waals surface area (Å²) in [6.45, 7) is 5.77. The second-order valence-electron chi connectivity index (χ2n) is 6.11. The predicted molar refractivity (Wildman–Crippen MR) is 97.6 cm³/mol. The highest BCUT2D eigenvalue weighted by molar-refractivity contribution is 6.03. The number of para-hydroxylation sites is 1. The highest BCUT2D eigenvalue weighted by Crippen LogP contribution is 2.20. The first-order valence-corrected chi connectivity index (χ1v) is 8.07. The molecule has 128 valence electrons. The third-order valence-electron chi connectivity index (χ3n) is 3.71. The minimum absolute atomic E-state index is 0.251. The smallest absolute Gasteiger partial charge is 0.276 e. The number of aryl methyl sites for hydroxylation is 2. The van der Waals surface area contributed by atoms with Gasteiger partial charge in [0.05, 0.1) is 0 Å². The van der Waals surface area contributed by atoms with E-state index in [0.717, 1.165) is 36.3 Å². The van der Waals surface area contributed by atoms with Crippen molar-refractivity contribution in [3.63, 3.8) is 0 Å². The maximum atomic E-state index is 12.3. The number of hydrogen-bond donors (Lipinski definition) is 2. The van der Waals surface area contributed by atoms with Gasteiger partial charge >= 0.3 is 0 Å². The number of benzene rings is 1. The maximum Gasteiger partial charge on any atom is 0.276 e. The van der Waals surface area contributed by atoms with Gasteiger partial charge in [-0.1, -0.05) is 18.2 Å². The predicted octanol–water partition coefficient (Wildman–Crippen LogP) is 2.71. The first-order valence-electron chi connectivity index (χ1n) is 8.07. The van der Waals surface area contributed by atoms with Crippen LogP contribution in [0.25, 0.3) is 0 Å². The minimum atomic E-state index is -0.251. The molecule has 0 atom stereocenters. The third-order valence-corrected chi connectivity index (χ3v) is 3.71. The second kappa shape index (κ2) is 8.40. The molecule has 24 heavy (non-hydrogen) atoms. The van der Waals surface area contributed by atoms with Crippen LogP contribution in [-0.2, 0) is 0 Å². The number of aromatic nitrogens is 2. The van der Waals surface area contributed by atoms with E-state index in [1.807, 2.05) is 46.1 Å². The van der Waals surface area contributed by atoms with Crippen LogP contribution in [0.15, 0.2) is 30.3 Å². The maximum absolute atomic E-state index is 12.3. The summed E-state index contributed by atoms with van der Waals surface area (Å²) in [5.41, 5.74) is 3.18. The molecule has 1 heterocycles. The Balaban J connectivity index is 1.94. The largest absolute Gasteiger partial charge is 0.369 e. The van der Waals surface area contributed by atoms with Crippen LogP contribution in [0.3, 0.4) is 0 Å². The summed E-state index contributed by atoms with van der Waals surface area (Å²) < 4.78 is 0. The van der Waals surface area contributed by atoms with Gasteiger partial charge in [0.15, 0.2) is 5.69 Å². The average Bonchev–Trinajstić information content (AvgIpc) is 2.55. The van der Waals surface area contributed by atoms with E-state index in [9.17, 15) is 4.79 Å². The molecule has 2 N–H and O–H groups in total. The molecule has 2 rings (SSSR count). The molecule has 0 radical (unpaired) electrons. The molecule has 6 nitrogen and oxygen atoms in total. The zero-order chi connectivity index (χ0) is 17.5. The molecule has 0 bridgehead atoms. The van der Waals surface area contributed by atoms with Gasteiger partial charge in [-0.05, 0) is 64.2 Å². The van der Waals surface area contributed by atoms with Crippen molar-refractivity contribution < 1.29 is 4.79 Å². The van der Waals surface area contributed by atoms with Crippen LogP contribution in [0.5, 0.6) is 0 Å². The molecule has 0 aliphatic heterocycles. The zero-order valence-electron chi connectivity index (χ0n) is 14.8. The topological polar surface area (TPSA) is 70.2 Å². The van der Waals surface area contributed by atoms with E-state index < -0.39 is 0 Å². The summed E-state index contributed by atoms with van der Waals surface area (Å²) >= 11 is 0. The van der Waals surface area contributed by atoms with Crippen molar-refractivity contribution in [2.45, 2.75) is 20.3 Å². The Morgan fingerprint density at radius 2 is 1.79 bits per heavy atom. The van der Waals surface area contributed by atoms with Gasteiger partial charge in [-0.3, -0.25) is 4.79 Å². The third kappa shape index (κ3) is 5.03. The van der Waals surface area contributed by atoms with Crippen molar-refractivity contribution in [2.75, 3.05) is 37.8 Å². The Hall–Kier alpha value is -2.47. The van der Waals surface area contributed by atoms with E-state index >= 15 is 0 Å². The van der Waals surface area contributed by atoms with E-state index in [-0.39, 0.29) is 5.91 Å². The summed E-state index contributed by atoms with van der Waals surface area (Å²) in [5.74, 6) is 0.427. The van der Waals surface area contributed by atoms with Crippen molar-refractivity contribution in [1.82, 2.24) is 15.1 Å². The quantitative estimate of drug-likeness (QED) is 0.765. The molecule has 0 spiro atoms. The van der Waals surface area contributed by atoms with Crippen molar-refractivity contribution >= 4 is 17.4 Å². The lowest BCUT2D eigenvalue weighted by molar-refractivity contribution is 0.102. The Bertz CT molecular complexity index is 662. The second-order valence-corrected chi connectivity index (χ2v) is 6.11. The van der Waals surface area contributed by atoms with E-state index in [1.165, 1.54) is 0 Å². The Labute approximate surface area is 143 Å². The molecular weight excluding hydrogens is 302 g/mol. The molecule has 0 fully saturated rings. The number of carbonyl (C=O) groups is 1. The lowest BCUT2D eigenvalue weighted by Gasteiger charge is -2.11. The minimum Gasteiger partial charge on any atom is -0.369 e. The van der Waals surface area contributed by atoms with Gasteiger partial charge in [-0.15, -0.1) is 10.2 Å². The fourth-order valence-corrected chi connectivity index (χ4v) is 2.35. The lowest BCUT2D eigenvalue weighted by atomic mass is 10.1. The number of amides is 1. The van der Waals surface area contributed by atoms with E-state index in [0.29, 0.717) is 11.5 Å². The molecule has 0 saturated heterocycles. The van der Waals surface area contributed by atoms with Gasteiger partial charge in [-0.2, -0.15) is 0 Å². The molecular formula is C18H25N5O. The first kappa shape index (κ1) is 17.9. The van der Waals surface area contributed by atoms with Crippen molar-refractivity contribution in [2.24, 2.45) is 0 Å². The Morgan fingerprint density at radius 3 is 2.38 bits per heavy atom.